The summed E-state index contributed by atoms with van der Waals surface area (Å²) in [5.74, 6) is 1.75. The van der Waals surface area contributed by atoms with E-state index >= 15 is 0 Å². The molecule has 0 aromatic rings. The average molecular weight is 663 g/mol. The van der Waals surface area contributed by atoms with Crippen LogP contribution in [-0.4, -0.2) is 95.6 Å². The highest BCUT2D eigenvalue weighted by atomic mass is 16.7. The van der Waals surface area contributed by atoms with Gasteiger partial charge in [0.05, 0.1) is 18.3 Å². The van der Waals surface area contributed by atoms with Gasteiger partial charge in [-0.25, -0.2) is 0 Å². The maximum atomic E-state index is 10.8. The Labute approximate surface area is 282 Å². The summed E-state index contributed by atoms with van der Waals surface area (Å²) in [6, 6.07) is 0. The summed E-state index contributed by atoms with van der Waals surface area (Å²) in [6.07, 6.45) is 9.34. The lowest BCUT2D eigenvalue weighted by molar-refractivity contribution is -0.331. The molecule has 0 aromatic carbocycles. The molecule has 4 N–H and O–H groups in total. The van der Waals surface area contributed by atoms with Crippen LogP contribution in [0.1, 0.15) is 93.4 Å². The van der Waals surface area contributed by atoms with Crippen molar-refractivity contribution in [2.45, 2.75) is 148 Å². The molecule has 1 spiro atoms. The van der Waals surface area contributed by atoms with Crippen molar-refractivity contribution in [1.82, 2.24) is 0 Å². The van der Waals surface area contributed by atoms with Crippen molar-refractivity contribution >= 4 is 0 Å². The van der Waals surface area contributed by atoms with Crippen molar-refractivity contribution in [3.63, 3.8) is 0 Å². The third-order valence-corrected chi connectivity index (χ3v) is 15.0. The van der Waals surface area contributed by atoms with Crippen LogP contribution >= 0.6 is 0 Å². The van der Waals surface area contributed by atoms with Gasteiger partial charge in [-0.15, -0.1) is 0 Å². The minimum absolute atomic E-state index is 0.0979. The number of methoxy groups -OCH3 is 2. The van der Waals surface area contributed by atoms with Crippen molar-refractivity contribution in [2.24, 2.45) is 45.3 Å². The first-order valence-corrected chi connectivity index (χ1v) is 18.1. The van der Waals surface area contributed by atoms with Crippen LogP contribution in [0, 0.1) is 45.3 Å². The Morgan fingerprint density at radius 1 is 0.957 bits per heavy atom. The average Bonchev–Trinajstić information content (AvgIpc) is 3.41. The molecule has 0 unspecified atom stereocenters. The second kappa shape index (κ2) is 12.1. The Hall–Kier alpha value is -0.880. The normalized spacial score (nSPS) is 51.1. The molecule has 2 saturated heterocycles. The van der Waals surface area contributed by atoms with Gasteiger partial charge in [-0.1, -0.05) is 58.9 Å². The highest BCUT2D eigenvalue weighted by Gasteiger charge is 2.78. The molecule has 2 heterocycles. The molecule has 0 radical (unpaired) electrons. The standard InChI is InChI=1S/C38H62O9/c1-22(11-10-16-33(2,3)44-9)23-14-17-36(7)25-15-18-38-26(37(25,32(43-8)47-38)20-19-35(23,36)6)12-13-27(34(38,4)5)46-31-30(42)29(41)28(40)24(21-39)45-31/h10,15-16,18,22-32,39-42H,11-14,17,19-21H2,1-9H3/b16-10+/t22-,23-,24-,25+,26+,27+,28-,29+,30-,31+,32-,35-,36+,37+,38+/m1/s1. The smallest absolute Gasteiger partial charge is 0.186 e. The minimum atomic E-state index is -1.48. The Balaban J connectivity index is 1.29. The molecule has 15 atom stereocenters. The highest BCUT2D eigenvalue weighted by Crippen LogP contribution is 2.79. The number of aliphatic hydroxyl groups is 4. The van der Waals surface area contributed by atoms with Crippen LogP contribution in [0.5, 0.6) is 0 Å². The number of fused-ring (bicyclic) bond motifs is 2. The van der Waals surface area contributed by atoms with Gasteiger partial charge in [0.15, 0.2) is 12.6 Å². The van der Waals surface area contributed by atoms with Gasteiger partial charge in [-0.3, -0.25) is 0 Å². The molecule has 6 aliphatic rings. The van der Waals surface area contributed by atoms with Gasteiger partial charge in [0.2, 0.25) is 0 Å². The summed E-state index contributed by atoms with van der Waals surface area (Å²) in [4.78, 5) is 0. The van der Waals surface area contributed by atoms with E-state index in [0.29, 0.717) is 17.8 Å². The number of allylic oxidation sites excluding steroid dienone is 2. The molecular weight excluding hydrogens is 600 g/mol. The molecule has 0 amide bonds. The van der Waals surface area contributed by atoms with Crippen LogP contribution in [0.25, 0.3) is 0 Å². The second-order valence-corrected chi connectivity index (χ2v) is 17.5. The molecule has 0 aromatic heterocycles. The fraction of sp³-hybridized carbons (Fsp3) is 0.895. The van der Waals surface area contributed by atoms with E-state index in [4.69, 9.17) is 23.7 Å². The summed E-state index contributed by atoms with van der Waals surface area (Å²) in [5.41, 5.74) is -1.31. The number of rotatable bonds is 9. The maximum absolute atomic E-state index is 10.8. The molecule has 268 valence electrons. The largest absolute Gasteiger partial charge is 0.394 e. The lowest BCUT2D eigenvalue weighted by Gasteiger charge is -2.65. The molecule has 9 heteroatoms. The van der Waals surface area contributed by atoms with E-state index in [-0.39, 0.29) is 40.2 Å². The molecule has 5 fully saturated rings. The quantitative estimate of drug-likeness (QED) is 0.259. The summed E-state index contributed by atoms with van der Waals surface area (Å²) >= 11 is 0. The van der Waals surface area contributed by atoms with E-state index in [2.05, 4.69) is 72.8 Å². The topological polar surface area (TPSA) is 127 Å². The van der Waals surface area contributed by atoms with Gasteiger partial charge in [-0.2, -0.15) is 0 Å². The summed E-state index contributed by atoms with van der Waals surface area (Å²) in [5, 5.41) is 41.3. The van der Waals surface area contributed by atoms with Gasteiger partial charge >= 0.3 is 0 Å². The van der Waals surface area contributed by atoms with Crippen molar-refractivity contribution < 1.29 is 44.1 Å². The molecular formula is C38H62O9. The Morgan fingerprint density at radius 3 is 2.34 bits per heavy atom. The molecule has 2 aliphatic heterocycles. The minimum Gasteiger partial charge on any atom is -0.394 e. The molecule has 3 saturated carbocycles. The van der Waals surface area contributed by atoms with Gasteiger partial charge in [0, 0.05) is 31.0 Å². The van der Waals surface area contributed by atoms with Crippen LogP contribution in [0.4, 0.5) is 0 Å². The lowest BCUT2D eigenvalue weighted by Crippen LogP contribution is -2.66. The Bertz CT molecular complexity index is 1220. The van der Waals surface area contributed by atoms with Gasteiger partial charge in [0.25, 0.3) is 0 Å². The van der Waals surface area contributed by atoms with Gasteiger partial charge in [0.1, 0.15) is 30.0 Å². The molecule has 47 heavy (non-hydrogen) atoms. The number of aliphatic hydroxyl groups excluding tert-OH is 4. The summed E-state index contributed by atoms with van der Waals surface area (Å²) in [6.45, 7) is 15.6. The zero-order valence-electron chi connectivity index (χ0n) is 30.1. The fourth-order valence-corrected chi connectivity index (χ4v) is 11.9. The predicted molar refractivity (Wildman–Crippen MR) is 177 cm³/mol. The van der Waals surface area contributed by atoms with Crippen LogP contribution in [0.15, 0.2) is 24.3 Å². The van der Waals surface area contributed by atoms with E-state index in [0.717, 1.165) is 32.1 Å². The number of ether oxygens (including phenoxy) is 5. The number of hydrogen-bond donors (Lipinski definition) is 4. The Kier molecular flexibility index (Phi) is 9.27. The van der Waals surface area contributed by atoms with Crippen LogP contribution < -0.4 is 0 Å². The second-order valence-electron chi connectivity index (χ2n) is 17.5. The zero-order valence-corrected chi connectivity index (χ0v) is 30.1. The monoisotopic (exact) mass is 662 g/mol. The van der Waals surface area contributed by atoms with Crippen LogP contribution in [-0.2, 0) is 23.7 Å². The summed E-state index contributed by atoms with van der Waals surface area (Å²) in [7, 11) is 3.56. The summed E-state index contributed by atoms with van der Waals surface area (Å²) < 4.78 is 31.4. The molecule has 9 nitrogen and oxygen atoms in total. The molecule has 2 bridgehead atoms. The van der Waals surface area contributed by atoms with E-state index in [1.807, 2.05) is 0 Å². The van der Waals surface area contributed by atoms with Crippen molar-refractivity contribution in [2.75, 3.05) is 20.8 Å². The highest BCUT2D eigenvalue weighted by molar-refractivity contribution is 5.34. The first kappa shape index (κ1) is 35.9. The molecule has 6 rings (SSSR count). The van der Waals surface area contributed by atoms with Crippen LogP contribution in [0.3, 0.4) is 0 Å². The predicted octanol–water partition coefficient (Wildman–Crippen LogP) is 4.75. The Morgan fingerprint density at radius 2 is 1.68 bits per heavy atom. The van der Waals surface area contributed by atoms with E-state index < -0.39 is 48.3 Å². The zero-order chi connectivity index (χ0) is 34.4. The van der Waals surface area contributed by atoms with Crippen LogP contribution in [0.2, 0.25) is 0 Å². The first-order chi connectivity index (χ1) is 22.0. The third-order valence-electron chi connectivity index (χ3n) is 15.0. The van der Waals surface area contributed by atoms with E-state index in [1.165, 1.54) is 12.8 Å². The fourth-order valence-electron chi connectivity index (χ4n) is 11.9. The number of hydrogen-bond acceptors (Lipinski definition) is 9. The molecule has 4 aliphatic carbocycles. The van der Waals surface area contributed by atoms with E-state index in [9.17, 15) is 20.4 Å². The van der Waals surface area contributed by atoms with E-state index in [1.54, 1.807) is 14.2 Å². The SMILES string of the molecule is CO[C@@H]1O[C@@]23C=C[C@@H]4[C@@]1(CC[C@]1(C)[C@@H]([C@H](C)C/C=C/C(C)(C)OC)CC[C@@]41C)[C@@H]2CC[C@H](O[C@@H]1O[C@H](CO)[C@@H](O)[C@H](O)[C@H]1O)C3(C)C. The van der Waals surface area contributed by atoms with Crippen molar-refractivity contribution in [3.8, 4) is 0 Å². The van der Waals surface area contributed by atoms with Gasteiger partial charge in [-0.05, 0) is 87.4 Å². The first-order valence-electron chi connectivity index (χ1n) is 18.1. The maximum Gasteiger partial charge on any atom is 0.186 e. The van der Waals surface area contributed by atoms with Gasteiger partial charge < -0.3 is 44.1 Å². The third kappa shape index (κ3) is 4.95. The lowest BCUT2D eigenvalue weighted by atomic mass is 9.38. The van der Waals surface area contributed by atoms with Crippen molar-refractivity contribution in [3.05, 3.63) is 24.3 Å². The van der Waals surface area contributed by atoms with Crippen molar-refractivity contribution in [1.29, 1.82) is 0 Å².